The predicted octanol–water partition coefficient (Wildman–Crippen LogP) is 5.15. The van der Waals surface area contributed by atoms with Crippen LogP contribution in [-0.4, -0.2) is 17.7 Å². The van der Waals surface area contributed by atoms with E-state index in [0.717, 1.165) is 17.3 Å². The van der Waals surface area contributed by atoms with Crippen molar-refractivity contribution in [1.82, 2.24) is 4.98 Å². The standard InChI is InChI=1S/C21H15F3N2O3/c22-17-6-5-14(8-19(17)29-20(23)24)16-7-13(9-25-10-16)11-26-18-4-2-1-3-15(18)12-28-21(26)27/h1-10,20H,11-12H2. The molecule has 2 heterocycles. The number of ether oxygens (including phenoxy) is 2. The summed E-state index contributed by atoms with van der Waals surface area (Å²) in [4.78, 5) is 17.9. The fourth-order valence-electron chi connectivity index (χ4n) is 3.15. The summed E-state index contributed by atoms with van der Waals surface area (Å²) in [5.74, 6) is -1.43. The van der Waals surface area contributed by atoms with Crippen LogP contribution in [0.15, 0.2) is 60.9 Å². The van der Waals surface area contributed by atoms with E-state index in [1.165, 1.54) is 23.2 Å². The molecule has 0 bridgehead atoms. The number of fused-ring (bicyclic) bond motifs is 1. The monoisotopic (exact) mass is 400 g/mol. The van der Waals surface area contributed by atoms with E-state index in [-0.39, 0.29) is 13.2 Å². The number of nitrogens with zero attached hydrogens (tertiary/aromatic N) is 2. The van der Waals surface area contributed by atoms with Crippen LogP contribution in [0.25, 0.3) is 11.1 Å². The Bertz CT molecular complexity index is 1060. The van der Waals surface area contributed by atoms with Gasteiger partial charge in [0, 0.05) is 23.5 Å². The SMILES string of the molecule is O=C1OCc2ccccc2N1Cc1cncc(-c2ccc(F)c(OC(F)F)c2)c1. The van der Waals surface area contributed by atoms with Gasteiger partial charge in [-0.05, 0) is 35.4 Å². The van der Waals surface area contributed by atoms with Crippen molar-refractivity contribution in [2.45, 2.75) is 19.8 Å². The molecule has 1 amide bonds. The number of hydrogen-bond acceptors (Lipinski definition) is 4. The highest BCUT2D eigenvalue weighted by molar-refractivity contribution is 5.90. The van der Waals surface area contributed by atoms with Crippen LogP contribution in [-0.2, 0) is 17.9 Å². The number of para-hydroxylation sites is 1. The number of cyclic esters (lactones) is 1. The molecule has 5 nitrogen and oxygen atoms in total. The number of halogens is 3. The zero-order valence-electron chi connectivity index (χ0n) is 15.0. The van der Waals surface area contributed by atoms with Gasteiger partial charge in [0.15, 0.2) is 11.6 Å². The molecule has 1 aliphatic rings. The van der Waals surface area contributed by atoms with Gasteiger partial charge in [0.25, 0.3) is 0 Å². The molecule has 0 radical (unpaired) electrons. The Labute approximate surface area is 164 Å². The van der Waals surface area contributed by atoms with E-state index in [9.17, 15) is 18.0 Å². The number of hydrogen-bond donors (Lipinski definition) is 0. The number of carbonyl (C=O) groups is 1. The number of benzene rings is 2. The van der Waals surface area contributed by atoms with Gasteiger partial charge < -0.3 is 9.47 Å². The minimum absolute atomic E-state index is 0.207. The zero-order valence-corrected chi connectivity index (χ0v) is 15.0. The fraction of sp³-hybridized carbons (Fsp3) is 0.143. The molecule has 0 aliphatic carbocycles. The average Bonchev–Trinajstić information content (AvgIpc) is 2.72. The number of amides is 1. The quantitative estimate of drug-likeness (QED) is 0.595. The lowest BCUT2D eigenvalue weighted by atomic mass is 10.0. The van der Waals surface area contributed by atoms with Crippen LogP contribution in [0.2, 0.25) is 0 Å². The molecule has 4 rings (SSSR count). The average molecular weight is 400 g/mol. The van der Waals surface area contributed by atoms with Gasteiger partial charge in [-0.25, -0.2) is 9.18 Å². The number of pyridine rings is 1. The van der Waals surface area contributed by atoms with E-state index in [1.54, 1.807) is 12.3 Å². The maximum atomic E-state index is 13.7. The van der Waals surface area contributed by atoms with Crippen LogP contribution in [0.3, 0.4) is 0 Å². The van der Waals surface area contributed by atoms with Crippen LogP contribution in [0.5, 0.6) is 5.75 Å². The highest BCUT2D eigenvalue weighted by Gasteiger charge is 2.25. The summed E-state index contributed by atoms with van der Waals surface area (Å²) < 4.78 is 48.0. The Kier molecular flexibility index (Phi) is 5.07. The summed E-state index contributed by atoms with van der Waals surface area (Å²) >= 11 is 0. The molecule has 29 heavy (non-hydrogen) atoms. The number of carbonyl (C=O) groups excluding carboxylic acids is 1. The molecule has 3 aromatic rings. The number of alkyl halides is 2. The first-order valence-corrected chi connectivity index (χ1v) is 8.72. The third-order valence-electron chi connectivity index (χ3n) is 4.47. The van der Waals surface area contributed by atoms with E-state index in [2.05, 4.69) is 9.72 Å². The van der Waals surface area contributed by atoms with E-state index < -0.39 is 24.3 Å². The number of anilines is 1. The van der Waals surface area contributed by atoms with Crippen LogP contribution >= 0.6 is 0 Å². The van der Waals surface area contributed by atoms with Crippen molar-refractivity contribution in [2.75, 3.05) is 4.90 Å². The fourth-order valence-corrected chi connectivity index (χ4v) is 3.15. The van der Waals surface area contributed by atoms with Gasteiger partial charge >= 0.3 is 12.7 Å². The van der Waals surface area contributed by atoms with Crippen LogP contribution in [0.1, 0.15) is 11.1 Å². The lowest BCUT2D eigenvalue weighted by Crippen LogP contribution is -2.35. The molecule has 0 spiro atoms. The largest absolute Gasteiger partial charge is 0.444 e. The molecule has 2 aromatic carbocycles. The van der Waals surface area contributed by atoms with Crippen LogP contribution in [0, 0.1) is 5.82 Å². The van der Waals surface area contributed by atoms with Gasteiger partial charge in [-0.1, -0.05) is 24.3 Å². The number of aromatic nitrogens is 1. The van der Waals surface area contributed by atoms with Crippen molar-refractivity contribution >= 4 is 11.8 Å². The third-order valence-corrected chi connectivity index (χ3v) is 4.47. The minimum atomic E-state index is -3.13. The molecule has 0 unspecified atom stereocenters. The maximum Gasteiger partial charge on any atom is 0.414 e. The predicted molar refractivity (Wildman–Crippen MR) is 99.1 cm³/mol. The molecule has 1 aromatic heterocycles. The first-order chi connectivity index (χ1) is 14.0. The first kappa shape index (κ1) is 18.8. The van der Waals surface area contributed by atoms with E-state index >= 15 is 0 Å². The normalized spacial score (nSPS) is 13.2. The highest BCUT2D eigenvalue weighted by atomic mass is 19.3. The molecule has 0 fully saturated rings. The van der Waals surface area contributed by atoms with Gasteiger partial charge in [-0.15, -0.1) is 0 Å². The second-order valence-corrected chi connectivity index (χ2v) is 6.38. The molecular formula is C21H15F3N2O3. The van der Waals surface area contributed by atoms with Crippen molar-refractivity contribution in [2.24, 2.45) is 0 Å². The summed E-state index contributed by atoms with van der Waals surface area (Å²) in [7, 11) is 0. The summed E-state index contributed by atoms with van der Waals surface area (Å²) in [6.07, 6.45) is 2.64. The summed E-state index contributed by atoms with van der Waals surface area (Å²) in [6.45, 7) is -2.71. The minimum Gasteiger partial charge on any atom is -0.444 e. The maximum absolute atomic E-state index is 13.7. The van der Waals surface area contributed by atoms with Gasteiger partial charge in [-0.3, -0.25) is 9.88 Å². The van der Waals surface area contributed by atoms with E-state index in [0.29, 0.717) is 16.7 Å². The van der Waals surface area contributed by atoms with Crippen molar-refractivity contribution < 1.29 is 27.4 Å². The lowest BCUT2D eigenvalue weighted by Gasteiger charge is -2.28. The molecule has 0 N–H and O–H groups in total. The highest BCUT2D eigenvalue weighted by Crippen LogP contribution is 2.30. The van der Waals surface area contributed by atoms with Crippen LogP contribution < -0.4 is 9.64 Å². The van der Waals surface area contributed by atoms with Crippen molar-refractivity contribution in [1.29, 1.82) is 0 Å². The third kappa shape index (κ3) is 4.01. The lowest BCUT2D eigenvalue weighted by molar-refractivity contribution is -0.0521. The van der Waals surface area contributed by atoms with E-state index in [4.69, 9.17) is 4.74 Å². The Morgan fingerprint density at radius 3 is 2.76 bits per heavy atom. The summed E-state index contributed by atoms with van der Waals surface area (Å²) in [5, 5.41) is 0. The molecule has 0 atom stereocenters. The summed E-state index contributed by atoms with van der Waals surface area (Å²) in [5.41, 5.74) is 3.36. The van der Waals surface area contributed by atoms with Crippen molar-refractivity contribution in [3.63, 3.8) is 0 Å². The topological polar surface area (TPSA) is 51.7 Å². The molecule has 8 heteroatoms. The molecule has 1 aliphatic heterocycles. The first-order valence-electron chi connectivity index (χ1n) is 8.72. The second-order valence-electron chi connectivity index (χ2n) is 6.38. The molecular weight excluding hydrogens is 385 g/mol. The van der Waals surface area contributed by atoms with Crippen molar-refractivity contribution in [3.05, 3.63) is 77.9 Å². The van der Waals surface area contributed by atoms with Gasteiger partial charge in [0.05, 0.1) is 12.2 Å². The molecule has 0 saturated heterocycles. The zero-order chi connectivity index (χ0) is 20.4. The Balaban J connectivity index is 1.63. The van der Waals surface area contributed by atoms with Gasteiger partial charge in [0.2, 0.25) is 0 Å². The van der Waals surface area contributed by atoms with Crippen molar-refractivity contribution in [3.8, 4) is 16.9 Å². The van der Waals surface area contributed by atoms with Gasteiger partial charge in [-0.2, -0.15) is 8.78 Å². The molecule has 0 saturated carbocycles. The Morgan fingerprint density at radius 2 is 1.93 bits per heavy atom. The van der Waals surface area contributed by atoms with E-state index in [1.807, 2.05) is 24.3 Å². The molecule has 148 valence electrons. The number of rotatable bonds is 5. The Hall–Kier alpha value is -3.55. The van der Waals surface area contributed by atoms with Gasteiger partial charge in [0.1, 0.15) is 6.61 Å². The second kappa shape index (κ2) is 7.83. The summed E-state index contributed by atoms with van der Waals surface area (Å²) in [6, 6.07) is 12.8. The Morgan fingerprint density at radius 1 is 1.10 bits per heavy atom. The van der Waals surface area contributed by atoms with Crippen LogP contribution in [0.4, 0.5) is 23.7 Å². The smallest absolute Gasteiger partial charge is 0.414 e.